The number of benzene rings is 1. The molecule has 0 saturated heterocycles. The normalized spacial score (nSPS) is 11.4. The van der Waals surface area contributed by atoms with Gasteiger partial charge < -0.3 is 5.43 Å². The molecule has 1 heterocycles. The first-order chi connectivity index (χ1) is 9.92. The van der Waals surface area contributed by atoms with Crippen LogP contribution < -0.4 is 16.0 Å². The minimum atomic E-state index is -3.72. The monoisotopic (exact) mass is 330 g/mol. The van der Waals surface area contributed by atoms with E-state index in [1.165, 1.54) is 36.5 Å². The third-order valence-corrected chi connectivity index (χ3v) is 4.32. The summed E-state index contributed by atoms with van der Waals surface area (Å²) < 4.78 is 39.5. The van der Waals surface area contributed by atoms with Crippen LogP contribution in [0.4, 0.5) is 10.2 Å². The third kappa shape index (κ3) is 3.88. The van der Waals surface area contributed by atoms with Gasteiger partial charge in [0.25, 0.3) is 0 Å². The van der Waals surface area contributed by atoms with Gasteiger partial charge in [-0.1, -0.05) is 17.7 Å². The van der Waals surface area contributed by atoms with Crippen molar-refractivity contribution in [2.45, 2.75) is 11.4 Å². The zero-order chi connectivity index (χ0) is 15.5. The quantitative estimate of drug-likeness (QED) is 0.572. The summed E-state index contributed by atoms with van der Waals surface area (Å²) in [4.78, 5) is 3.81. The summed E-state index contributed by atoms with van der Waals surface area (Å²) in [5.74, 6) is 4.94. The van der Waals surface area contributed by atoms with Gasteiger partial charge in [0.1, 0.15) is 16.5 Å². The van der Waals surface area contributed by atoms with Crippen LogP contribution in [0.25, 0.3) is 0 Å². The number of pyridine rings is 1. The molecule has 2 rings (SSSR count). The Bertz CT molecular complexity index is 737. The van der Waals surface area contributed by atoms with E-state index in [1.807, 2.05) is 0 Å². The number of hydrogen-bond donors (Lipinski definition) is 3. The summed E-state index contributed by atoms with van der Waals surface area (Å²) in [5.41, 5.74) is 2.84. The van der Waals surface area contributed by atoms with Gasteiger partial charge in [-0.2, -0.15) is 0 Å². The Labute approximate surface area is 126 Å². The summed E-state index contributed by atoms with van der Waals surface area (Å²) in [5, 5.41) is -0.0632. The zero-order valence-electron chi connectivity index (χ0n) is 10.7. The number of halogens is 2. The van der Waals surface area contributed by atoms with Crippen molar-refractivity contribution >= 4 is 27.4 Å². The molecule has 6 nitrogen and oxygen atoms in total. The average molecular weight is 331 g/mol. The van der Waals surface area contributed by atoms with Crippen LogP contribution in [-0.4, -0.2) is 13.4 Å². The molecular weight excluding hydrogens is 319 g/mol. The van der Waals surface area contributed by atoms with Crippen LogP contribution in [0.5, 0.6) is 0 Å². The highest BCUT2D eigenvalue weighted by atomic mass is 35.5. The summed E-state index contributed by atoms with van der Waals surface area (Å²) >= 11 is 5.63. The summed E-state index contributed by atoms with van der Waals surface area (Å²) in [6.07, 6.45) is 1.18. The predicted octanol–water partition coefficient (Wildman–Crippen LogP) is 1.64. The van der Waals surface area contributed by atoms with Crippen molar-refractivity contribution in [1.82, 2.24) is 9.71 Å². The van der Waals surface area contributed by atoms with Gasteiger partial charge in [-0.15, -0.1) is 0 Å². The van der Waals surface area contributed by atoms with Crippen molar-refractivity contribution in [2.24, 2.45) is 5.84 Å². The fourth-order valence-corrected chi connectivity index (χ4v) is 2.70. The van der Waals surface area contributed by atoms with E-state index in [9.17, 15) is 12.8 Å². The van der Waals surface area contributed by atoms with E-state index < -0.39 is 15.8 Å². The van der Waals surface area contributed by atoms with Crippen molar-refractivity contribution in [1.29, 1.82) is 0 Å². The number of rotatable bonds is 5. The average Bonchev–Trinajstić information content (AvgIpc) is 2.48. The zero-order valence-corrected chi connectivity index (χ0v) is 12.2. The molecule has 112 valence electrons. The second-order valence-electron chi connectivity index (χ2n) is 4.10. The van der Waals surface area contributed by atoms with Gasteiger partial charge in [0, 0.05) is 12.7 Å². The molecule has 0 bridgehead atoms. The first kappa shape index (κ1) is 15.6. The van der Waals surface area contributed by atoms with Crippen LogP contribution in [0.3, 0.4) is 0 Å². The molecule has 0 amide bonds. The largest absolute Gasteiger partial charge is 0.308 e. The van der Waals surface area contributed by atoms with Crippen LogP contribution >= 0.6 is 11.6 Å². The number of nitrogen functional groups attached to an aromatic ring is 1. The molecule has 0 radical (unpaired) electrons. The Morgan fingerprint density at radius 1 is 1.29 bits per heavy atom. The Hall–Kier alpha value is -1.74. The van der Waals surface area contributed by atoms with Gasteiger partial charge in [-0.05, 0) is 29.8 Å². The topological polar surface area (TPSA) is 97.1 Å². The number of nitrogens with one attached hydrogen (secondary N) is 2. The van der Waals surface area contributed by atoms with Gasteiger partial charge in [-0.25, -0.2) is 28.4 Å². The lowest BCUT2D eigenvalue weighted by Gasteiger charge is -2.08. The molecule has 2 aromatic rings. The number of aromatic nitrogens is 1. The molecule has 0 aliphatic rings. The number of anilines is 1. The highest BCUT2D eigenvalue weighted by Gasteiger charge is 2.14. The summed E-state index contributed by atoms with van der Waals surface area (Å²) in [6, 6.07) is 6.78. The van der Waals surface area contributed by atoms with Crippen LogP contribution in [0, 0.1) is 5.82 Å². The van der Waals surface area contributed by atoms with E-state index in [1.54, 1.807) is 0 Å². The Morgan fingerprint density at radius 3 is 2.62 bits per heavy atom. The smallest absolute Gasteiger partial charge is 0.242 e. The molecule has 0 fully saturated rings. The molecule has 0 unspecified atom stereocenters. The number of hydrazine groups is 1. The SMILES string of the molecule is NNc1ccc(S(=O)(=O)NCc2ccc(F)c(Cl)c2)cn1. The maximum absolute atomic E-state index is 13.0. The minimum absolute atomic E-state index is 0.00490. The Balaban J connectivity index is 2.11. The van der Waals surface area contributed by atoms with E-state index in [0.29, 0.717) is 11.4 Å². The van der Waals surface area contributed by atoms with Gasteiger partial charge in [0.2, 0.25) is 10.0 Å². The molecule has 0 atom stereocenters. The third-order valence-electron chi connectivity index (χ3n) is 2.64. The molecule has 4 N–H and O–H groups in total. The fraction of sp³-hybridized carbons (Fsp3) is 0.0833. The van der Waals surface area contributed by atoms with E-state index in [2.05, 4.69) is 15.1 Å². The van der Waals surface area contributed by atoms with Crippen LogP contribution in [0.1, 0.15) is 5.56 Å². The molecule has 0 saturated carbocycles. The van der Waals surface area contributed by atoms with E-state index in [-0.39, 0.29) is 16.5 Å². The molecule has 0 spiro atoms. The maximum atomic E-state index is 13.0. The Morgan fingerprint density at radius 2 is 2.05 bits per heavy atom. The van der Waals surface area contributed by atoms with Crippen LogP contribution in [0.2, 0.25) is 5.02 Å². The molecule has 21 heavy (non-hydrogen) atoms. The van der Waals surface area contributed by atoms with Crippen molar-refractivity contribution < 1.29 is 12.8 Å². The molecule has 9 heteroatoms. The van der Waals surface area contributed by atoms with Crippen molar-refractivity contribution in [3.8, 4) is 0 Å². The fourth-order valence-electron chi connectivity index (χ4n) is 1.54. The predicted molar refractivity (Wildman–Crippen MR) is 77.5 cm³/mol. The Kier molecular flexibility index (Phi) is 4.73. The number of sulfonamides is 1. The van der Waals surface area contributed by atoms with Crippen molar-refractivity contribution in [3.05, 3.63) is 52.9 Å². The lowest BCUT2D eigenvalue weighted by Crippen LogP contribution is -2.23. The first-order valence-electron chi connectivity index (χ1n) is 5.78. The molecule has 0 aliphatic heterocycles. The molecule has 0 aliphatic carbocycles. The van der Waals surface area contributed by atoms with Gasteiger partial charge >= 0.3 is 0 Å². The highest BCUT2D eigenvalue weighted by molar-refractivity contribution is 7.89. The molecule has 1 aromatic heterocycles. The number of nitrogens with two attached hydrogens (primary N) is 1. The summed E-state index contributed by atoms with van der Waals surface area (Å²) in [6.45, 7) is -0.0147. The van der Waals surface area contributed by atoms with Gasteiger partial charge in [0.05, 0.1) is 5.02 Å². The highest BCUT2D eigenvalue weighted by Crippen LogP contribution is 2.16. The van der Waals surface area contributed by atoms with Crippen molar-refractivity contribution in [3.63, 3.8) is 0 Å². The van der Waals surface area contributed by atoms with E-state index in [0.717, 1.165) is 0 Å². The van der Waals surface area contributed by atoms with E-state index >= 15 is 0 Å². The van der Waals surface area contributed by atoms with Crippen molar-refractivity contribution in [2.75, 3.05) is 5.43 Å². The lowest BCUT2D eigenvalue weighted by molar-refractivity contribution is 0.581. The van der Waals surface area contributed by atoms with Crippen LogP contribution in [-0.2, 0) is 16.6 Å². The lowest BCUT2D eigenvalue weighted by atomic mass is 10.2. The first-order valence-corrected chi connectivity index (χ1v) is 7.65. The minimum Gasteiger partial charge on any atom is -0.308 e. The molecular formula is C12H12ClFN4O2S. The van der Waals surface area contributed by atoms with E-state index in [4.69, 9.17) is 17.4 Å². The van der Waals surface area contributed by atoms with Gasteiger partial charge in [0.15, 0.2) is 0 Å². The second kappa shape index (κ2) is 6.35. The second-order valence-corrected chi connectivity index (χ2v) is 6.27. The number of hydrogen-bond acceptors (Lipinski definition) is 5. The summed E-state index contributed by atoms with van der Waals surface area (Å²) in [7, 11) is -3.72. The standard InChI is InChI=1S/C12H12ClFN4O2S/c13-10-5-8(1-3-11(10)14)6-17-21(19,20)9-2-4-12(18-15)16-7-9/h1-5,7,17H,6,15H2,(H,16,18). The molecule has 1 aromatic carbocycles. The number of nitrogens with zero attached hydrogens (tertiary/aromatic N) is 1. The van der Waals surface area contributed by atoms with Crippen LogP contribution in [0.15, 0.2) is 41.4 Å². The van der Waals surface area contributed by atoms with Gasteiger partial charge in [-0.3, -0.25) is 0 Å². The maximum Gasteiger partial charge on any atom is 0.242 e.